The first kappa shape index (κ1) is 26.1. The van der Waals surface area contributed by atoms with Crippen molar-refractivity contribution in [2.75, 3.05) is 18.5 Å². The van der Waals surface area contributed by atoms with Crippen molar-refractivity contribution < 1.29 is 36.9 Å². The molecule has 40 heavy (non-hydrogen) atoms. The number of carbonyl (C=O) groups excluding carboxylic acids is 1. The number of alkyl halides is 2. The molecular weight excluding hydrogens is 525 g/mol. The van der Waals surface area contributed by atoms with Gasteiger partial charge in [0.2, 0.25) is 5.91 Å². The molecule has 0 unspecified atom stereocenters. The maximum atomic E-state index is 15.1. The third-order valence-electron chi connectivity index (χ3n) is 7.38. The van der Waals surface area contributed by atoms with Gasteiger partial charge in [0, 0.05) is 39.7 Å². The molecule has 0 saturated heterocycles. The van der Waals surface area contributed by atoms with Crippen LogP contribution in [-0.4, -0.2) is 30.4 Å². The molecule has 208 valence electrons. The van der Waals surface area contributed by atoms with Crippen LogP contribution in [0.3, 0.4) is 0 Å². The minimum Gasteiger partial charge on any atom is -0.492 e. The fourth-order valence-corrected chi connectivity index (χ4v) is 4.97. The summed E-state index contributed by atoms with van der Waals surface area (Å²) < 4.78 is 62.8. The Balaban J connectivity index is 1.20. The number of fused-ring (bicyclic) bond motifs is 3. The number of amides is 1. The zero-order valence-corrected chi connectivity index (χ0v) is 22.1. The highest BCUT2D eigenvalue weighted by Gasteiger charge is 2.49. The Bertz CT molecular complexity index is 1620. The molecule has 7 nitrogen and oxygen atoms in total. The van der Waals surface area contributed by atoms with Gasteiger partial charge in [0.05, 0.1) is 18.9 Å². The lowest BCUT2D eigenvalue weighted by Crippen LogP contribution is -2.39. The van der Waals surface area contributed by atoms with Gasteiger partial charge in [0.25, 0.3) is 0 Å². The van der Waals surface area contributed by atoms with Crippen molar-refractivity contribution >= 4 is 22.5 Å². The van der Waals surface area contributed by atoms with Crippen LogP contribution in [0.1, 0.15) is 37.6 Å². The number of ether oxygens (including phenoxy) is 4. The van der Waals surface area contributed by atoms with E-state index in [4.69, 9.17) is 9.47 Å². The summed E-state index contributed by atoms with van der Waals surface area (Å²) in [6.07, 6.45) is -3.80. The van der Waals surface area contributed by atoms with Crippen molar-refractivity contribution in [1.29, 1.82) is 0 Å². The Hall–Kier alpha value is -4.18. The standard InChI is InChI=1S/C30H27F3N2O5/c1-28(2,15-37-14-17-7-5-4-6-8-17)26-10-18-9-22(20(31)12-21(18)34-26)35-27(36)29(3)16-38-23-13-25-24(11-19(23)29)39-30(32,33)40-25/h4-13,34H,14-16H2,1-3H3,(H,35,36)/t29-/m0/s1. The van der Waals surface area contributed by atoms with Gasteiger partial charge in [-0.3, -0.25) is 4.79 Å². The number of aromatic nitrogens is 1. The number of halogens is 3. The van der Waals surface area contributed by atoms with E-state index >= 15 is 4.39 Å². The van der Waals surface area contributed by atoms with E-state index in [1.165, 1.54) is 18.2 Å². The van der Waals surface area contributed by atoms with Crippen LogP contribution in [0.15, 0.2) is 60.7 Å². The lowest BCUT2D eigenvalue weighted by atomic mass is 9.83. The predicted octanol–water partition coefficient (Wildman–Crippen LogP) is 6.41. The van der Waals surface area contributed by atoms with Crippen molar-refractivity contribution in [3.05, 3.63) is 83.3 Å². The molecule has 1 amide bonds. The number of H-pyrrole nitrogens is 1. The Morgan fingerprint density at radius 3 is 2.52 bits per heavy atom. The molecule has 3 heterocycles. The van der Waals surface area contributed by atoms with Gasteiger partial charge in [0.1, 0.15) is 23.6 Å². The van der Waals surface area contributed by atoms with Gasteiger partial charge in [-0.2, -0.15) is 0 Å². The molecule has 0 fully saturated rings. The van der Waals surface area contributed by atoms with E-state index in [0.717, 1.165) is 11.3 Å². The highest BCUT2D eigenvalue weighted by molar-refractivity contribution is 6.01. The van der Waals surface area contributed by atoms with Crippen LogP contribution in [0.2, 0.25) is 0 Å². The van der Waals surface area contributed by atoms with Gasteiger partial charge in [0.15, 0.2) is 11.5 Å². The highest BCUT2D eigenvalue weighted by atomic mass is 19.3. The van der Waals surface area contributed by atoms with Crippen LogP contribution < -0.4 is 19.5 Å². The van der Waals surface area contributed by atoms with Crippen LogP contribution in [0.25, 0.3) is 10.9 Å². The van der Waals surface area contributed by atoms with E-state index in [2.05, 4.69) is 19.8 Å². The first-order chi connectivity index (χ1) is 18.9. The smallest absolute Gasteiger partial charge is 0.492 e. The Labute approximate surface area is 228 Å². The molecule has 10 heteroatoms. The second-order valence-electron chi connectivity index (χ2n) is 11.0. The van der Waals surface area contributed by atoms with Gasteiger partial charge in [-0.15, -0.1) is 8.78 Å². The quantitative estimate of drug-likeness (QED) is 0.277. The largest absolute Gasteiger partial charge is 0.586 e. The molecule has 2 aliphatic heterocycles. The van der Waals surface area contributed by atoms with E-state index in [-0.39, 0.29) is 29.5 Å². The molecule has 6 rings (SSSR count). The zero-order valence-electron chi connectivity index (χ0n) is 22.1. The molecule has 0 radical (unpaired) electrons. The molecule has 0 saturated carbocycles. The Kier molecular flexibility index (Phi) is 5.99. The number of hydrogen-bond donors (Lipinski definition) is 2. The monoisotopic (exact) mass is 552 g/mol. The summed E-state index contributed by atoms with van der Waals surface area (Å²) in [5.74, 6) is -1.33. The number of aromatic amines is 1. The first-order valence-electron chi connectivity index (χ1n) is 12.8. The highest BCUT2D eigenvalue weighted by Crippen LogP contribution is 2.50. The maximum absolute atomic E-state index is 15.1. The molecule has 3 aromatic carbocycles. The Morgan fingerprint density at radius 1 is 1.05 bits per heavy atom. The number of rotatable bonds is 7. The van der Waals surface area contributed by atoms with Gasteiger partial charge in [-0.25, -0.2) is 4.39 Å². The summed E-state index contributed by atoms with van der Waals surface area (Å²) in [4.78, 5) is 16.7. The SMILES string of the molecule is CC(C)(COCc1ccccc1)c1cc2cc(NC(=O)[C@@]3(C)COc4cc5c(cc43)OC(F)(F)O5)c(F)cc2[nH]1. The van der Waals surface area contributed by atoms with Gasteiger partial charge >= 0.3 is 6.29 Å². The van der Waals surface area contributed by atoms with Crippen molar-refractivity contribution in [3.8, 4) is 17.2 Å². The molecule has 0 spiro atoms. The number of benzene rings is 3. The van der Waals surface area contributed by atoms with E-state index in [1.54, 1.807) is 13.0 Å². The molecule has 2 N–H and O–H groups in total. The maximum Gasteiger partial charge on any atom is 0.586 e. The minimum atomic E-state index is -3.80. The summed E-state index contributed by atoms with van der Waals surface area (Å²) in [5.41, 5.74) is 1.16. The summed E-state index contributed by atoms with van der Waals surface area (Å²) in [5, 5.41) is 3.37. The van der Waals surface area contributed by atoms with Crippen LogP contribution in [0, 0.1) is 5.82 Å². The summed E-state index contributed by atoms with van der Waals surface area (Å²) in [6, 6.07) is 17.2. The number of anilines is 1. The van der Waals surface area contributed by atoms with Crippen molar-refractivity contribution in [3.63, 3.8) is 0 Å². The first-order valence-corrected chi connectivity index (χ1v) is 12.8. The summed E-state index contributed by atoms with van der Waals surface area (Å²) in [6.45, 7) is 6.50. The molecular formula is C30H27F3N2O5. The van der Waals surface area contributed by atoms with Crippen LogP contribution in [-0.2, 0) is 27.0 Å². The van der Waals surface area contributed by atoms with E-state index in [0.29, 0.717) is 29.7 Å². The lowest BCUT2D eigenvalue weighted by molar-refractivity contribution is -0.286. The number of carbonyl (C=O) groups is 1. The molecule has 1 aromatic heterocycles. The van der Waals surface area contributed by atoms with Gasteiger partial charge in [-0.1, -0.05) is 44.2 Å². The fourth-order valence-electron chi connectivity index (χ4n) is 4.97. The second-order valence-corrected chi connectivity index (χ2v) is 11.0. The number of hydrogen-bond acceptors (Lipinski definition) is 5. The molecule has 1 atom stereocenters. The summed E-state index contributed by atoms with van der Waals surface area (Å²) in [7, 11) is 0. The van der Waals surface area contributed by atoms with E-state index in [1.807, 2.05) is 50.2 Å². The number of nitrogens with one attached hydrogen (secondary N) is 2. The normalized spacial score (nSPS) is 18.9. The lowest BCUT2D eigenvalue weighted by Gasteiger charge is -2.23. The zero-order chi connectivity index (χ0) is 28.3. The van der Waals surface area contributed by atoms with Crippen LogP contribution >= 0.6 is 0 Å². The average Bonchev–Trinajstić information content (AvgIpc) is 3.56. The van der Waals surface area contributed by atoms with Gasteiger partial charge in [-0.05, 0) is 30.7 Å². The van der Waals surface area contributed by atoms with Crippen molar-refractivity contribution in [2.45, 2.75) is 44.5 Å². The van der Waals surface area contributed by atoms with Crippen molar-refractivity contribution in [2.24, 2.45) is 0 Å². The fraction of sp³-hybridized carbons (Fsp3) is 0.300. The third-order valence-corrected chi connectivity index (χ3v) is 7.38. The topological polar surface area (TPSA) is 81.8 Å². The third kappa shape index (κ3) is 4.62. The van der Waals surface area contributed by atoms with Crippen molar-refractivity contribution in [1.82, 2.24) is 4.98 Å². The van der Waals surface area contributed by atoms with E-state index < -0.39 is 28.8 Å². The van der Waals surface area contributed by atoms with Gasteiger partial charge < -0.3 is 29.2 Å². The summed E-state index contributed by atoms with van der Waals surface area (Å²) >= 11 is 0. The molecule has 0 bridgehead atoms. The van der Waals surface area contributed by atoms with Crippen LogP contribution in [0.4, 0.5) is 18.9 Å². The van der Waals surface area contributed by atoms with Crippen LogP contribution in [0.5, 0.6) is 17.2 Å². The molecule has 0 aliphatic carbocycles. The average molecular weight is 553 g/mol. The predicted molar refractivity (Wildman–Crippen MR) is 142 cm³/mol. The second kappa shape index (κ2) is 9.19. The minimum absolute atomic E-state index is 0.0110. The Morgan fingerprint density at radius 2 is 1.77 bits per heavy atom. The molecule has 4 aromatic rings. The van der Waals surface area contributed by atoms with E-state index in [9.17, 15) is 13.6 Å². The molecule has 2 aliphatic rings.